The molecule has 132 valence electrons. The maximum Gasteiger partial charge on any atom is 0.330 e. The van der Waals surface area contributed by atoms with Crippen LogP contribution in [0.5, 0.6) is 0 Å². The molecule has 0 atom stereocenters. The molecule has 3 aromatic rings. The molecule has 6 heteroatoms. The predicted octanol–water partition coefficient (Wildman–Crippen LogP) is 1.97. The maximum absolute atomic E-state index is 12.4. The lowest BCUT2D eigenvalue weighted by Crippen LogP contribution is -2.43. The molecule has 0 unspecified atom stereocenters. The lowest BCUT2D eigenvalue weighted by molar-refractivity contribution is 0.262. The minimum Gasteiger partial charge on any atom is -0.358 e. The Bertz CT molecular complexity index is 1010. The van der Waals surface area contributed by atoms with Gasteiger partial charge in [-0.15, -0.1) is 0 Å². The fourth-order valence-corrected chi connectivity index (χ4v) is 3.30. The summed E-state index contributed by atoms with van der Waals surface area (Å²) in [6.45, 7) is 2.25. The molecular weight excluding hydrogens is 328 g/mol. The third-order valence-electron chi connectivity index (χ3n) is 4.58. The van der Waals surface area contributed by atoms with E-state index in [0.717, 1.165) is 12.1 Å². The molecule has 2 aromatic carbocycles. The SMILES string of the molecule is O=c1[nH]c(=O)n(Cc2ccccc2)c2c1CN(Cc1ccccc1)CN2. The summed E-state index contributed by atoms with van der Waals surface area (Å²) in [5.74, 6) is 0.618. The van der Waals surface area contributed by atoms with Gasteiger partial charge in [0.25, 0.3) is 5.56 Å². The standard InChI is InChI=1S/C20H20N4O2/c25-19-17-13-23(11-15-7-3-1-4-8-15)14-21-18(17)24(20(26)22-19)12-16-9-5-2-6-10-16/h1-10,21H,11-14H2,(H,22,25,26). The number of anilines is 1. The van der Waals surface area contributed by atoms with Gasteiger partial charge in [0.05, 0.1) is 18.8 Å². The van der Waals surface area contributed by atoms with Crippen molar-refractivity contribution < 1.29 is 0 Å². The van der Waals surface area contributed by atoms with Gasteiger partial charge in [-0.1, -0.05) is 60.7 Å². The van der Waals surface area contributed by atoms with E-state index in [9.17, 15) is 9.59 Å². The molecule has 0 bridgehead atoms. The van der Waals surface area contributed by atoms with Crippen molar-refractivity contribution in [2.24, 2.45) is 0 Å². The summed E-state index contributed by atoms with van der Waals surface area (Å²) in [6.07, 6.45) is 0. The topological polar surface area (TPSA) is 70.1 Å². The average Bonchev–Trinajstić information content (AvgIpc) is 2.67. The van der Waals surface area contributed by atoms with E-state index in [2.05, 4.69) is 27.3 Å². The monoisotopic (exact) mass is 348 g/mol. The van der Waals surface area contributed by atoms with Crippen LogP contribution in [0.25, 0.3) is 0 Å². The van der Waals surface area contributed by atoms with Gasteiger partial charge in [-0.3, -0.25) is 19.2 Å². The molecule has 0 spiro atoms. The zero-order valence-corrected chi connectivity index (χ0v) is 14.3. The second-order valence-corrected chi connectivity index (χ2v) is 6.47. The van der Waals surface area contributed by atoms with Crippen LogP contribution in [-0.2, 0) is 19.6 Å². The molecular formula is C20H20N4O2. The van der Waals surface area contributed by atoms with Crippen LogP contribution in [0, 0.1) is 0 Å². The highest BCUT2D eigenvalue weighted by molar-refractivity contribution is 5.46. The van der Waals surface area contributed by atoms with Crippen LogP contribution >= 0.6 is 0 Å². The number of hydrogen-bond acceptors (Lipinski definition) is 4. The predicted molar refractivity (Wildman–Crippen MR) is 101 cm³/mol. The van der Waals surface area contributed by atoms with Gasteiger partial charge in [0.1, 0.15) is 5.82 Å². The first-order chi connectivity index (χ1) is 12.7. The lowest BCUT2D eigenvalue weighted by Gasteiger charge is -2.30. The molecule has 0 fully saturated rings. The smallest absolute Gasteiger partial charge is 0.330 e. The van der Waals surface area contributed by atoms with E-state index >= 15 is 0 Å². The van der Waals surface area contributed by atoms with Crippen molar-refractivity contribution in [2.75, 3.05) is 12.0 Å². The number of aromatic nitrogens is 2. The molecule has 0 aliphatic carbocycles. The Morgan fingerprint density at radius 1 is 0.846 bits per heavy atom. The molecule has 0 radical (unpaired) electrons. The first-order valence-corrected chi connectivity index (χ1v) is 8.61. The first kappa shape index (κ1) is 16.4. The highest BCUT2D eigenvalue weighted by atomic mass is 16.2. The molecule has 6 nitrogen and oxygen atoms in total. The van der Waals surface area contributed by atoms with Crippen LogP contribution in [0.4, 0.5) is 5.82 Å². The zero-order valence-electron chi connectivity index (χ0n) is 14.3. The fourth-order valence-electron chi connectivity index (χ4n) is 3.30. The van der Waals surface area contributed by atoms with E-state index < -0.39 is 0 Å². The van der Waals surface area contributed by atoms with Crippen molar-refractivity contribution in [3.63, 3.8) is 0 Å². The van der Waals surface area contributed by atoms with Crippen LogP contribution in [0.3, 0.4) is 0 Å². The second kappa shape index (κ2) is 7.01. The molecule has 0 saturated carbocycles. The maximum atomic E-state index is 12.4. The van der Waals surface area contributed by atoms with Gasteiger partial charge in [0.2, 0.25) is 0 Å². The normalized spacial score (nSPS) is 13.8. The van der Waals surface area contributed by atoms with Gasteiger partial charge in [0.15, 0.2) is 0 Å². The van der Waals surface area contributed by atoms with E-state index in [1.165, 1.54) is 5.56 Å². The molecule has 2 N–H and O–H groups in total. The summed E-state index contributed by atoms with van der Waals surface area (Å²) < 4.78 is 1.60. The Labute approximate surface area is 150 Å². The number of hydrogen-bond donors (Lipinski definition) is 2. The van der Waals surface area contributed by atoms with Gasteiger partial charge >= 0.3 is 5.69 Å². The van der Waals surface area contributed by atoms with E-state index in [-0.39, 0.29) is 11.2 Å². The van der Waals surface area contributed by atoms with E-state index in [0.29, 0.717) is 31.1 Å². The largest absolute Gasteiger partial charge is 0.358 e. The molecule has 1 aromatic heterocycles. The molecule has 1 aliphatic rings. The summed E-state index contributed by atoms with van der Waals surface area (Å²) in [6, 6.07) is 19.9. The Balaban J connectivity index is 1.64. The van der Waals surface area contributed by atoms with Gasteiger partial charge < -0.3 is 5.32 Å². The highest BCUT2D eigenvalue weighted by Crippen LogP contribution is 2.20. The third-order valence-corrected chi connectivity index (χ3v) is 4.58. The van der Waals surface area contributed by atoms with Crippen LogP contribution in [0.1, 0.15) is 16.7 Å². The molecule has 2 heterocycles. The third kappa shape index (κ3) is 3.32. The van der Waals surface area contributed by atoms with Crippen molar-refractivity contribution in [3.8, 4) is 0 Å². The molecule has 1 aliphatic heterocycles. The van der Waals surface area contributed by atoms with Crippen molar-refractivity contribution in [2.45, 2.75) is 19.6 Å². The number of nitrogens with zero attached hydrogens (tertiary/aromatic N) is 2. The number of H-pyrrole nitrogens is 1. The first-order valence-electron chi connectivity index (χ1n) is 8.61. The quantitative estimate of drug-likeness (QED) is 0.756. The van der Waals surface area contributed by atoms with Crippen molar-refractivity contribution in [1.29, 1.82) is 0 Å². The second-order valence-electron chi connectivity index (χ2n) is 6.47. The number of fused-ring (bicyclic) bond motifs is 1. The van der Waals surface area contributed by atoms with Crippen molar-refractivity contribution in [1.82, 2.24) is 14.5 Å². The average molecular weight is 348 g/mol. The minimum atomic E-state index is -0.387. The van der Waals surface area contributed by atoms with Crippen LogP contribution in [0.15, 0.2) is 70.3 Å². The number of nitrogens with one attached hydrogen (secondary N) is 2. The molecule has 4 rings (SSSR count). The number of benzene rings is 2. The van der Waals surface area contributed by atoms with E-state index in [4.69, 9.17) is 0 Å². The molecule has 0 saturated heterocycles. The Kier molecular flexibility index (Phi) is 4.41. The summed E-state index contributed by atoms with van der Waals surface area (Å²) in [5.41, 5.74) is 2.09. The Morgan fingerprint density at radius 2 is 1.46 bits per heavy atom. The molecule has 26 heavy (non-hydrogen) atoms. The Hall–Kier alpha value is -3.12. The zero-order chi connectivity index (χ0) is 17.9. The van der Waals surface area contributed by atoms with Gasteiger partial charge in [-0.25, -0.2) is 4.79 Å². The van der Waals surface area contributed by atoms with E-state index in [1.54, 1.807) is 4.57 Å². The Morgan fingerprint density at radius 3 is 2.12 bits per heavy atom. The van der Waals surface area contributed by atoms with Crippen molar-refractivity contribution in [3.05, 3.63) is 98.2 Å². The minimum absolute atomic E-state index is 0.320. The van der Waals surface area contributed by atoms with Gasteiger partial charge in [0, 0.05) is 13.1 Å². The summed E-state index contributed by atoms with van der Waals surface area (Å²) in [5, 5.41) is 3.27. The van der Waals surface area contributed by atoms with Crippen molar-refractivity contribution >= 4 is 5.82 Å². The number of aromatic amines is 1. The summed E-state index contributed by atoms with van der Waals surface area (Å²) in [7, 11) is 0. The lowest BCUT2D eigenvalue weighted by atomic mass is 10.1. The summed E-state index contributed by atoms with van der Waals surface area (Å²) >= 11 is 0. The van der Waals surface area contributed by atoms with Crippen LogP contribution in [-0.4, -0.2) is 21.1 Å². The van der Waals surface area contributed by atoms with Crippen LogP contribution in [0.2, 0.25) is 0 Å². The van der Waals surface area contributed by atoms with Gasteiger partial charge in [-0.2, -0.15) is 0 Å². The fraction of sp³-hybridized carbons (Fsp3) is 0.200. The van der Waals surface area contributed by atoms with Crippen LogP contribution < -0.4 is 16.6 Å². The molecule has 0 amide bonds. The van der Waals surface area contributed by atoms with E-state index in [1.807, 2.05) is 48.5 Å². The highest BCUT2D eigenvalue weighted by Gasteiger charge is 2.22. The number of rotatable bonds is 4. The summed E-state index contributed by atoms with van der Waals surface area (Å²) in [4.78, 5) is 29.3. The van der Waals surface area contributed by atoms with Gasteiger partial charge in [-0.05, 0) is 11.1 Å².